The molecule has 0 saturated carbocycles. The molecule has 1 aromatic rings. The molecule has 0 aliphatic carbocycles. The fourth-order valence-electron chi connectivity index (χ4n) is 1.63. The van der Waals surface area contributed by atoms with E-state index in [2.05, 4.69) is 11.9 Å². The zero-order valence-electron chi connectivity index (χ0n) is 10.9. The molecule has 0 bridgehead atoms. The minimum atomic E-state index is -0.224. The van der Waals surface area contributed by atoms with Gasteiger partial charge in [0.1, 0.15) is 0 Å². The highest BCUT2D eigenvalue weighted by molar-refractivity contribution is 5.90. The van der Waals surface area contributed by atoms with E-state index in [1.165, 1.54) is 4.90 Å². The van der Waals surface area contributed by atoms with Gasteiger partial charge in [-0.2, -0.15) is 0 Å². The molecule has 4 heteroatoms. The van der Waals surface area contributed by atoms with Crippen molar-refractivity contribution in [1.82, 2.24) is 4.90 Å². The maximum Gasteiger partial charge on any atom is 0.322 e. The van der Waals surface area contributed by atoms with Crippen molar-refractivity contribution in [2.45, 2.75) is 13.8 Å². The van der Waals surface area contributed by atoms with E-state index in [4.69, 9.17) is 5.11 Å². The minimum absolute atomic E-state index is 0.0614. The summed E-state index contributed by atoms with van der Waals surface area (Å²) in [4.78, 5) is 13.5. The van der Waals surface area contributed by atoms with E-state index in [1.807, 2.05) is 32.0 Å². The van der Waals surface area contributed by atoms with Crippen LogP contribution >= 0.6 is 0 Å². The molecule has 0 aliphatic rings. The average Bonchev–Trinajstić information content (AvgIpc) is 2.34. The number of aryl methyl sites for hydroxylation is 1. The summed E-state index contributed by atoms with van der Waals surface area (Å²) in [5.74, 6) is 0. The molecule has 18 heavy (non-hydrogen) atoms. The third-order valence-electron chi connectivity index (χ3n) is 2.85. The number of aliphatic hydroxyl groups excluding tert-OH is 1. The van der Waals surface area contributed by atoms with Crippen LogP contribution in [0.4, 0.5) is 10.5 Å². The van der Waals surface area contributed by atoms with Gasteiger partial charge >= 0.3 is 6.03 Å². The zero-order chi connectivity index (χ0) is 13.5. The van der Waals surface area contributed by atoms with Crippen molar-refractivity contribution in [2.75, 3.05) is 25.0 Å². The molecule has 0 aliphatic heterocycles. The number of rotatable bonds is 5. The van der Waals surface area contributed by atoms with Crippen LogP contribution in [0, 0.1) is 13.8 Å². The van der Waals surface area contributed by atoms with Crippen LogP contribution in [0.2, 0.25) is 0 Å². The molecule has 1 rings (SSSR count). The highest BCUT2D eigenvalue weighted by Gasteiger charge is 2.12. The lowest BCUT2D eigenvalue weighted by Crippen LogP contribution is -2.37. The molecule has 1 aromatic carbocycles. The topological polar surface area (TPSA) is 52.6 Å². The van der Waals surface area contributed by atoms with Crippen LogP contribution in [0.1, 0.15) is 11.1 Å². The van der Waals surface area contributed by atoms with Crippen molar-refractivity contribution in [3.05, 3.63) is 42.0 Å². The first kappa shape index (κ1) is 14.3. The summed E-state index contributed by atoms with van der Waals surface area (Å²) in [6.45, 7) is 8.21. The molecule has 0 heterocycles. The van der Waals surface area contributed by atoms with Gasteiger partial charge in [0.15, 0.2) is 0 Å². The minimum Gasteiger partial charge on any atom is -0.395 e. The van der Waals surface area contributed by atoms with Crippen LogP contribution in [0.5, 0.6) is 0 Å². The number of urea groups is 1. The number of nitrogens with one attached hydrogen (secondary N) is 1. The van der Waals surface area contributed by atoms with Gasteiger partial charge in [-0.05, 0) is 31.0 Å². The molecule has 2 N–H and O–H groups in total. The highest BCUT2D eigenvalue weighted by Crippen LogP contribution is 2.18. The quantitative estimate of drug-likeness (QED) is 0.786. The number of aliphatic hydroxyl groups is 1. The fourth-order valence-corrected chi connectivity index (χ4v) is 1.63. The van der Waals surface area contributed by atoms with Crippen molar-refractivity contribution in [1.29, 1.82) is 0 Å². The largest absolute Gasteiger partial charge is 0.395 e. The highest BCUT2D eigenvalue weighted by atomic mass is 16.3. The van der Waals surface area contributed by atoms with Crippen LogP contribution in [0.15, 0.2) is 30.9 Å². The summed E-state index contributed by atoms with van der Waals surface area (Å²) in [6.07, 6.45) is 1.64. The average molecular weight is 248 g/mol. The van der Waals surface area contributed by atoms with Gasteiger partial charge in [-0.25, -0.2) is 4.79 Å². The maximum absolute atomic E-state index is 12.0. The smallest absolute Gasteiger partial charge is 0.322 e. The summed E-state index contributed by atoms with van der Waals surface area (Å²) in [7, 11) is 0. The lowest BCUT2D eigenvalue weighted by atomic mass is 10.1. The summed E-state index contributed by atoms with van der Waals surface area (Å²) in [5.41, 5.74) is 2.98. The standard InChI is InChI=1S/C14H20N2O2/c1-4-8-16(9-10-17)14(18)15-13-7-5-6-11(2)12(13)3/h4-7,17H,1,8-10H2,2-3H3,(H,15,18). The van der Waals surface area contributed by atoms with Crippen molar-refractivity contribution in [3.8, 4) is 0 Å². The molecule has 0 radical (unpaired) electrons. The van der Waals surface area contributed by atoms with Gasteiger partial charge in [0.05, 0.1) is 6.61 Å². The lowest BCUT2D eigenvalue weighted by molar-refractivity contribution is 0.195. The molecule has 2 amide bonds. The first-order valence-electron chi connectivity index (χ1n) is 5.94. The number of carbonyl (C=O) groups is 1. The lowest BCUT2D eigenvalue weighted by Gasteiger charge is -2.21. The van der Waals surface area contributed by atoms with Gasteiger partial charge in [-0.3, -0.25) is 0 Å². The van der Waals surface area contributed by atoms with E-state index in [1.54, 1.807) is 6.08 Å². The van der Waals surface area contributed by atoms with Gasteiger partial charge < -0.3 is 15.3 Å². The molecule has 0 unspecified atom stereocenters. The first-order valence-corrected chi connectivity index (χ1v) is 5.94. The normalized spacial score (nSPS) is 9.94. The van der Waals surface area contributed by atoms with Crippen molar-refractivity contribution < 1.29 is 9.90 Å². The summed E-state index contributed by atoms with van der Waals surface area (Å²) >= 11 is 0. The fraction of sp³-hybridized carbons (Fsp3) is 0.357. The van der Waals surface area contributed by atoms with E-state index in [0.717, 1.165) is 16.8 Å². The molecule has 0 atom stereocenters. The van der Waals surface area contributed by atoms with Crippen molar-refractivity contribution >= 4 is 11.7 Å². The molecule has 0 saturated heterocycles. The molecular formula is C14H20N2O2. The number of anilines is 1. The summed E-state index contributed by atoms with van der Waals surface area (Å²) in [5, 5.41) is 11.8. The number of hydrogen-bond donors (Lipinski definition) is 2. The van der Waals surface area contributed by atoms with Crippen molar-refractivity contribution in [3.63, 3.8) is 0 Å². The summed E-state index contributed by atoms with van der Waals surface area (Å²) < 4.78 is 0. The van der Waals surface area contributed by atoms with Gasteiger partial charge in [0.2, 0.25) is 0 Å². The van der Waals surface area contributed by atoms with Crippen LogP contribution in [0.25, 0.3) is 0 Å². The summed E-state index contributed by atoms with van der Waals surface area (Å²) in [6, 6.07) is 5.55. The van der Waals surface area contributed by atoms with Crippen LogP contribution in [-0.2, 0) is 0 Å². The van der Waals surface area contributed by atoms with E-state index >= 15 is 0 Å². The predicted molar refractivity (Wildman–Crippen MR) is 73.8 cm³/mol. The molecular weight excluding hydrogens is 228 g/mol. The van der Waals surface area contributed by atoms with Crippen LogP contribution in [0.3, 0.4) is 0 Å². The Labute approximate surface area is 108 Å². The van der Waals surface area contributed by atoms with Gasteiger partial charge in [-0.1, -0.05) is 18.2 Å². The Morgan fingerprint density at radius 3 is 2.83 bits per heavy atom. The monoisotopic (exact) mass is 248 g/mol. The molecule has 98 valence electrons. The van der Waals surface area contributed by atoms with E-state index < -0.39 is 0 Å². The number of benzene rings is 1. The Bertz CT molecular complexity index is 430. The van der Waals surface area contributed by atoms with Gasteiger partial charge in [0, 0.05) is 18.8 Å². The molecule has 0 aromatic heterocycles. The Kier molecular flexibility index (Phi) is 5.39. The van der Waals surface area contributed by atoms with E-state index in [0.29, 0.717) is 13.1 Å². The van der Waals surface area contributed by atoms with Crippen molar-refractivity contribution in [2.24, 2.45) is 0 Å². The predicted octanol–water partition coefficient (Wildman–Crippen LogP) is 2.32. The Morgan fingerprint density at radius 2 is 2.22 bits per heavy atom. The zero-order valence-corrected chi connectivity index (χ0v) is 10.9. The first-order chi connectivity index (χ1) is 8.60. The van der Waals surface area contributed by atoms with Crippen LogP contribution < -0.4 is 5.32 Å². The van der Waals surface area contributed by atoms with Crippen LogP contribution in [-0.4, -0.2) is 35.7 Å². The second-order valence-corrected chi connectivity index (χ2v) is 4.14. The molecule has 0 fully saturated rings. The van der Waals surface area contributed by atoms with E-state index in [-0.39, 0.29) is 12.6 Å². The molecule has 0 spiro atoms. The second kappa shape index (κ2) is 6.81. The maximum atomic E-state index is 12.0. The third kappa shape index (κ3) is 3.60. The SMILES string of the molecule is C=CCN(CCO)C(=O)Nc1cccc(C)c1C. The second-order valence-electron chi connectivity index (χ2n) is 4.14. The Balaban J connectivity index is 2.78. The third-order valence-corrected chi connectivity index (χ3v) is 2.85. The molecule has 4 nitrogen and oxygen atoms in total. The van der Waals surface area contributed by atoms with E-state index in [9.17, 15) is 4.79 Å². The van der Waals surface area contributed by atoms with Gasteiger partial charge in [0.25, 0.3) is 0 Å². The Hall–Kier alpha value is -1.81. The number of amides is 2. The number of nitrogens with zero attached hydrogens (tertiary/aromatic N) is 1. The Morgan fingerprint density at radius 1 is 1.50 bits per heavy atom. The number of carbonyl (C=O) groups excluding carboxylic acids is 1. The number of hydrogen-bond acceptors (Lipinski definition) is 2. The van der Waals surface area contributed by atoms with Gasteiger partial charge in [-0.15, -0.1) is 6.58 Å².